The number of nitrogens with two attached hydrogens (primary N) is 1. The SMILES string of the molecule is COCCS(=O)(=O)c1ccc(C(=O)N2CC(CN)CC2C)cc1.Cl. The van der Waals surface area contributed by atoms with Crippen LogP contribution in [0.3, 0.4) is 0 Å². The Bertz CT molecular complexity index is 649. The van der Waals surface area contributed by atoms with Crippen molar-refractivity contribution < 1.29 is 17.9 Å². The molecule has 2 N–H and O–H groups in total. The molecule has 0 aliphatic carbocycles. The van der Waals surface area contributed by atoms with Crippen LogP contribution >= 0.6 is 12.4 Å². The lowest BCUT2D eigenvalue weighted by Crippen LogP contribution is -2.34. The van der Waals surface area contributed by atoms with Crippen LogP contribution < -0.4 is 5.73 Å². The first-order valence-corrected chi connectivity index (χ1v) is 9.37. The number of hydrogen-bond donors (Lipinski definition) is 1. The maximum absolute atomic E-state index is 12.6. The Kier molecular flexibility index (Phi) is 7.66. The Balaban J connectivity index is 0.00000288. The standard InChI is InChI=1S/C16H24N2O4S.ClH/c1-12-9-13(10-17)11-18(12)16(19)14-3-5-15(6-4-14)23(20,21)8-7-22-2;/h3-6,12-13H,7-11,17H2,1-2H3;1H. The summed E-state index contributed by atoms with van der Waals surface area (Å²) in [4.78, 5) is 14.6. The maximum atomic E-state index is 12.6. The van der Waals surface area contributed by atoms with Gasteiger partial charge in [-0.1, -0.05) is 0 Å². The zero-order valence-corrected chi connectivity index (χ0v) is 15.6. The van der Waals surface area contributed by atoms with E-state index >= 15 is 0 Å². The Labute approximate surface area is 149 Å². The quantitative estimate of drug-likeness (QED) is 0.809. The van der Waals surface area contributed by atoms with Gasteiger partial charge in [0.1, 0.15) is 0 Å². The number of ether oxygens (including phenoxy) is 1. The Morgan fingerprint density at radius 1 is 1.33 bits per heavy atom. The maximum Gasteiger partial charge on any atom is 0.254 e. The highest BCUT2D eigenvalue weighted by molar-refractivity contribution is 7.91. The number of methoxy groups -OCH3 is 1. The summed E-state index contributed by atoms with van der Waals surface area (Å²) in [7, 11) is -1.91. The van der Waals surface area contributed by atoms with Crippen LogP contribution in [0.15, 0.2) is 29.2 Å². The molecule has 1 amide bonds. The van der Waals surface area contributed by atoms with Crippen LogP contribution in [0.2, 0.25) is 0 Å². The fraction of sp³-hybridized carbons (Fsp3) is 0.562. The fourth-order valence-electron chi connectivity index (χ4n) is 2.88. The molecule has 1 saturated heterocycles. The van der Waals surface area contributed by atoms with Crippen LogP contribution in [0.1, 0.15) is 23.7 Å². The average Bonchev–Trinajstić information content (AvgIpc) is 2.93. The van der Waals surface area contributed by atoms with E-state index in [9.17, 15) is 13.2 Å². The van der Waals surface area contributed by atoms with Gasteiger partial charge in [-0.2, -0.15) is 0 Å². The van der Waals surface area contributed by atoms with Gasteiger partial charge in [0, 0.05) is 25.3 Å². The van der Waals surface area contributed by atoms with Gasteiger partial charge in [0.2, 0.25) is 0 Å². The predicted molar refractivity (Wildman–Crippen MR) is 95.3 cm³/mol. The number of sulfone groups is 1. The van der Waals surface area contributed by atoms with Crippen molar-refractivity contribution in [2.75, 3.05) is 32.6 Å². The number of carbonyl (C=O) groups is 1. The van der Waals surface area contributed by atoms with E-state index in [1.54, 1.807) is 12.1 Å². The first-order valence-electron chi connectivity index (χ1n) is 7.72. The summed E-state index contributed by atoms with van der Waals surface area (Å²) in [5.74, 6) is 0.190. The summed E-state index contributed by atoms with van der Waals surface area (Å²) in [5, 5.41) is 0. The highest BCUT2D eigenvalue weighted by Gasteiger charge is 2.32. The number of carbonyl (C=O) groups excluding carboxylic acids is 1. The molecule has 0 radical (unpaired) electrons. The van der Waals surface area contributed by atoms with Crippen LogP contribution in [0.25, 0.3) is 0 Å². The lowest BCUT2D eigenvalue weighted by molar-refractivity contribution is 0.0743. The van der Waals surface area contributed by atoms with Crippen LogP contribution in [-0.4, -0.2) is 57.8 Å². The van der Waals surface area contributed by atoms with Gasteiger partial charge in [-0.25, -0.2) is 8.42 Å². The van der Waals surface area contributed by atoms with E-state index in [0.717, 1.165) is 6.42 Å². The summed E-state index contributed by atoms with van der Waals surface area (Å²) in [6, 6.07) is 6.27. The molecule has 0 saturated carbocycles. The molecule has 136 valence electrons. The molecule has 1 aliphatic rings. The van der Waals surface area contributed by atoms with Gasteiger partial charge < -0.3 is 15.4 Å². The van der Waals surface area contributed by atoms with Crippen LogP contribution in [0, 0.1) is 5.92 Å². The van der Waals surface area contributed by atoms with Crippen molar-refractivity contribution >= 4 is 28.2 Å². The van der Waals surface area contributed by atoms with Crippen LogP contribution in [-0.2, 0) is 14.6 Å². The van der Waals surface area contributed by atoms with Crippen molar-refractivity contribution in [3.05, 3.63) is 29.8 Å². The van der Waals surface area contributed by atoms with Gasteiger partial charge in [-0.15, -0.1) is 12.4 Å². The zero-order valence-electron chi connectivity index (χ0n) is 14.0. The summed E-state index contributed by atoms with van der Waals surface area (Å²) < 4.78 is 29.0. The zero-order chi connectivity index (χ0) is 17.0. The van der Waals surface area contributed by atoms with E-state index in [1.807, 2.05) is 11.8 Å². The topological polar surface area (TPSA) is 89.7 Å². The van der Waals surface area contributed by atoms with Gasteiger partial charge in [0.25, 0.3) is 5.91 Å². The third-order valence-corrected chi connectivity index (χ3v) is 5.97. The normalized spacial score (nSPS) is 20.7. The van der Waals surface area contributed by atoms with Gasteiger partial charge in [-0.05, 0) is 50.1 Å². The van der Waals surface area contributed by atoms with E-state index in [0.29, 0.717) is 24.6 Å². The molecular weight excluding hydrogens is 352 g/mol. The smallest absolute Gasteiger partial charge is 0.254 e. The van der Waals surface area contributed by atoms with Crippen molar-refractivity contribution in [1.82, 2.24) is 4.90 Å². The average molecular weight is 377 g/mol. The number of likely N-dealkylation sites (tertiary alicyclic amines) is 1. The van der Waals surface area contributed by atoms with Crippen molar-refractivity contribution in [3.8, 4) is 0 Å². The lowest BCUT2D eigenvalue weighted by atomic mass is 10.1. The molecule has 1 heterocycles. The minimum absolute atomic E-state index is 0. The molecule has 0 spiro atoms. The summed E-state index contributed by atoms with van der Waals surface area (Å²) in [5.41, 5.74) is 6.19. The number of hydrogen-bond acceptors (Lipinski definition) is 5. The summed E-state index contributed by atoms with van der Waals surface area (Å²) >= 11 is 0. The summed E-state index contributed by atoms with van der Waals surface area (Å²) in [6.07, 6.45) is 0.908. The minimum Gasteiger partial charge on any atom is -0.384 e. The first-order chi connectivity index (χ1) is 10.9. The van der Waals surface area contributed by atoms with E-state index in [-0.39, 0.29) is 41.6 Å². The molecule has 8 heteroatoms. The second-order valence-electron chi connectivity index (χ2n) is 5.98. The van der Waals surface area contributed by atoms with Gasteiger partial charge in [-0.3, -0.25) is 4.79 Å². The molecule has 2 rings (SSSR count). The summed E-state index contributed by atoms with van der Waals surface area (Å²) in [6.45, 7) is 3.39. The fourth-order valence-corrected chi connectivity index (χ4v) is 4.05. The number of amides is 1. The predicted octanol–water partition coefficient (Wildman–Crippen LogP) is 1.34. The highest BCUT2D eigenvalue weighted by atomic mass is 35.5. The monoisotopic (exact) mass is 376 g/mol. The third kappa shape index (κ3) is 4.69. The van der Waals surface area contributed by atoms with Crippen molar-refractivity contribution in [2.45, 2.75) is 24.3 Å². The van der Waals surface area contributed by atoms with E-state index in [1.165, 1.54) is 19.2 Å². The molecule has 1 aromatic rings. The van der Waals surface area contributed by atoms with E-state index in [2.05, 4.69) is 0 Å². The molecule has 0 bridgehead atoms. The van der Waals surface area contributed by atoms with Crippen molar-refractivity contribution in [3.63, 3.8) is 0 Å². The van der Waals surface area contributed by atoms with Crippen molar-refractivity contribution in [2.24, 2.45) is 11.7 Å². The molecule has 2 unspecified atom stereocenters. The van der Waals surface area contributed by atoms with E-state index < -0.39 is 9.84 Å². The number of halogens is 1. The molecule has 24 heavy (non-hydrogen) atoms. The molecule has 1 aromatic carbocycles. The highest BCUT2D eigenvalue weighted by Crippen LogP contribution is 2.24. The second kappa shape index (κ2) is 8.80. The number of benzene rings is 1. The van der Waals surface area contributed by atoms with Crippen LogP contribution in [0.5, 0.6) is 0 Å². The number of rotatable bonds is 6. The van der Waals surface area contributed by atoms with Crippen molar-refractivity contribution in [1.29, 1.82) is 0 Å². The van der Waals surface area contributed by atoms with E-state index in [4.69, 9.17) is 10.5 Å². The van der Waals surface area contributed by atoms with Gasteiger partial charge in [0.05, 0.1) is 17.3 Å². The second-order valence-corrected chi connectivity index (χ2v) is 8.09. The van der Waals surface area contributed by atoms with Gasteiger partial charge in [0.15, 0.2) is 9.84 Å². The lowest BCUT2D eigenvalue weighted by Gasteiger charge is -2.21. The minimum atomic E-state index is -3.37. The van der Waals surface area contributed by atoms with Gasteiger partial charge >= 0.3 is 0 Å². The molecule has 1 fully saturated rings. The number of nitrogens with zero attached hydrogens (tertiary/aromatic N) is 1. The third-order valence-electron chi connectivity index (χ3n) is 4.27. The molecule has 2 atom stereocenters. The Morgan fingerprint density at radius 3 is 2.46 bits per heavy atom. The molecule has 0 aromatic heterocycles. The Hall–Kier alpha value is -1.15. The largest absolute Gasteiger partial charge is 0.384 e. The Morgan fingerprint density at radius 2 is 1.96 bits per heavy atom. The molecular formula is C16H25ClN2O4S. The first kappa shape index (κ1) is 20.9. The molecule has 6 nitrogen and oxygen atoms in total. The van der Waals surface area contributed by atoms with Crippen LogP contribution in [0.4, 0.5) is 0 Å². The molecule has 1 aliphatic heterocycles.